The molecule has 0 radical (unpaired) electrons. The molecule has 2 aromatic rings. The maximum Gasteiger partial charge on any atom is 0.257 e. The van der Waals surface area contributed by atoms with E-state index in [1.807, 2.05) is 0 Å². The van der Waals surface area contributed by atoms with E-state index in [2.05, 4.69) is 10.1 Å². The highest BCUT2D eigenvalue weighted by molar-refractivity contribution is 6.30. The molecule has 5 nitrogen and oxygen atoms in total. The van der Waals surface area contributed by atoms with Crippen LogP contribution in [0, 0.1) is 0 Å². The molecule has 0 atom stereocenters. The number of rotatable bonds is 3. The SMILES string of the molecule is O=C([O-])Cc1noc(-c2cccc(Cl)c2)n1. The van der Waals surface area contributed by atoms with Gasteiger partial charge in [-0.3, -0.25) is 0 Å². The van der Waals surface area contributed by atoms with E-state index in [0.717, 1.165) is 0 Å². The van der Waals surface area contributed by atoms with Crippen LogP contribution in [0.15, 0.2) is 28.8 Å². The molecule has 0 aliphatic carbocycles. The van der Waals surface area contributed by atoms with Crippen molar-refractivity contribution in [2.45, 2.75) is 6.42 Å². The second-order valence-corrected chi connectivity index (χ2v) is 3.51. The number of carbonyl (C=O) groups is 1. The quantitative estimate of drug-likeness (QED) is 0.784. The summed E-state index contributed by atoms with van der Waals surface area (Å²) in [5.74, 6) is -0.938. The normalized spacial score (nSPS) is 10.3. The van der Waals surface area contributed by atoms with E-state index in [1.165, 1.54) is 0 Å². The molecule has 2 rings (SSSR count). The number of halogens is 1. The van der Waals surface area contributed by atoms with Gasteiger partial charge in [-0.2, -0.15) is 4.98 Å². The van der Waals surface area contributed by atoms with Crippen LogP contribution >= 0.6 is 11.6 Å². The summed E-state index contributed by atoms with van der Waals surface area (Å²) in [7, 11) is 0. The first-order valence-electron chi connectivity index (χ1n) is 4.43. The van der Waals surface area contributed by atoms with Crippen LogP contribution in [0.4, 0.5) is 0 Å². The van der Waals surface area contributed by atoms with E-state index < -0.39 is 5.97 Å². The second kappa shape index (κ2) is 4.32. The van der Waals surface area contributed by atoms with Gasteiger partial charge in [0.25, 0.3) is 5.89 Å². The number of hydrogen-bond acceptors (Lipinski definition) is 5. The van der Waals surface area contributed by atoms with Gasteiger partial charge in [0.15, 0.2) is 5.82 Å². The van der Waals surface area contributed by atoms with Crippen LogP contribution < -0.4 is 5.11 Å². The second-order valence-electron chi connectivity index (χ2n) is 3.07. The molecule has 0 bridgehead atoms. The number of carboxylic acids is 1. The Hall–Kier alpha value is -1.88. The molecular formula is C10H6ClN2O3-. The van der Waals surface area contributed by atoms with Gasteiger partial charge < -0.3 is 14.4 Å². The first-order valence-corrected chi connectivity index (χ1v) is 4.81. The van der Waals surface area contributed by atoms with Crippen molar-refractivity contribution in [2.75, 3.05) is 0 Å². The van der Waals surface area contributed by atoms with Gasteiger partial charge >= 0.3 is 0 Å². The Bertz CT molecular complexity index is 524. The third-order valence-electron chi connectivity index (χ3n) is 1.84. The highest BCUT2D eigenvalue weighted by atomic mass is 35.5. The molecule has 0 amide bonds. The summed E-state index contributed by atoms with van der Waals surface area (Å²) >= 11 is 5.79. The van der Waals surface area contributed by atoms with Gasteiger partial charge in [-0.05, 0) is 18.2 Å². The zero-order chi connectivity index (χ0) is 11.5. The molecule has 82 valence electrons. The topological polar surface area (TPSA) is 79.0 Å². The highest BCUT2D eigenvalue weighted by Gasteiger charge is 2.08. The lowest BCUT2D eigenvalue weighted by atomic mass is 10.2. The van der Waals surface area contributed by atoms with Crippen LogP contribution in [0.1, 0.15) is 5.82 Å². The van der Waals surface area contributed by atoms with Gasteiger partial charge in [-0.25, -0.2) is 0 Å². The average molecular weight is 238 g/mol. The monoisotopic (exact) mass is 237 g/mol. The maximum absolute atomic E-state index is 10.3. The minimum atomic E-state index is -1.25. The van der Waals surface area contributed by atoms with Gasteiger partial charge in [-0.15, -0.1) is 0 Å². The van der Waals surface area contributed by atoms with Crippen molar-refractivity contribution in [1.29, 1.82) is 0 Å². The van der Waals surface area contributed by atoms with Crippen molar-refractivity contribution in [3.63, 3.8) is 0 Å². The Morgan fingerprint density at radius 2 is 2.31 bits per heavy atom. The lowest BCUT2D eigenvalue weighted by Crippen LogP contribution is -2.24. The fraction of sp³-hybridized carbons (Fsp3) is 0.100. The van der Waals surface area contributed by atoms with Crippen LogP contribution in [-0.4, -0.2) is 16.1 Å². The van der Waals surface area contributed by atoms with Crippen LogP contribution in [-0.2, 0) is 11.2 Å². The molecule has 1 aromatic carbocycles. The minimum Gasteiger partial charge on any atom is -0.550 e. The van der Waals surface area contributed by atoms with Crippen LogP contribution in [0.5, 0.6) is 0 Å². The van der Waals surface area contributed by atoms with Crippen molar-refractivity contribution in [3.05, 3.63) is 35.1 Å². The fourth-order valence-electron chi connectivity index (χ4n) is 1.19. The lowest BCUT2D eigenvalue weighted by Gasteiger charge is -1.94. The van der Waals surface area contributed by atoms with Gasteiger partial charge in [0, 0.05) is 16.6 Å². The molecule has 0 saturated heterocycles. The van der Waals surface area contributed by atoms with Crippen LogP contribution in [0.3, 0.4) is 0 Å². The van der Waals surface area contributed by atoms with E-state index in [9.17, 15) is 9.90 Å². The summed E-state index contributed by atoms with van der Waals surface area (Å²) in [6.45, 7) is 0. The number of carboxylic acid groups (broad SMARTS) is 1. The summed E-state index contributed by atoms with van der Waals surface area (Å²) in [4.78, 5) is 14.2. The van der Waals surface area contributed by atoms with Gasteiger partial charge in [0.1, 0.15) is 0 Å². The summed E-state index contributed by atoms with van der Waals surface area (Å²) in [5.41, 5.74) is 0.643. The zero-order valence-electron chi connectivity index (χ0n) is 8.01. The fourth-order valence-corrected chi connectivity index (χ4v) is 1.38. The molecule has 0 saturated carbocycles. The standard InChI is InChI=1S/C10H7ClN2O3/c11-7-3-1-2-6(4-7)10-12-8(13-16-10)5-9(14)15/h1-4H,5H2,(H,14,15)/p-1. The van der Waals surface area contributed by atoms with Crippen molar-refractivity contribution in [3.8, 4) is 11.5 Å². The Labute approximate surface area is 95.7 Å². The highest BCUT2D eigenvalue weighted by Crippen LogP contribution is 2.20. The summed E-state index contributed by atoms with van der Waals surface area (Å²) in [6, 6.07) is 6.84. The summed E-state index contributed by atoms with van der Waals surface area (Å²) in [5, 5.41) is 14.4. The van der Waals surface area contributed by atoms with E-state index >= 15 is 0 Å². The molecule has 0 aliphatic rings. The van der Waals surface area contributed by atoms with Crippen molar-refractivity contribution in [1.82, 2.24) is 10.1 Å². The molecular weight excluding hydrogens is 232 g/mol. The molecule has 6 heteroatoms. The number of benzene rings is 1. The zero-order valence-corrected chi connectivity index (χ0v) is 8.77. The van der Waals surface area contributed by atoms with Crippen molar-refractivity contribution < 1.29 is 14.4 Å². The molecule has 0 unspecified atom stereocenters. The summed E-state index contributed by atoms with van der Waals surface area (Å²) in [6.07, 6.45) is -0.371. The maximum atomic E-state index is 10.3. The van der Waals surface area contributed by atoms with Crippen molar-refractivity contribution >= 4 is 17.6 Å². The predicted molar refractivity (Wildman–Crippen MR) is 53.5 cm³/mol. The minimum absolute atomic E-state index is 0.0787. The number of nitrogens with zero attached hydrogens (tertiary/aromatic N) is 2. The van der Waals surface area contributed by atoms with E-state index in [-0.39, 0.29) is 18.1 Å². The van der Waals surface area contributed by atoms with E-state index in [4.69, 9.17) is 16.1 Å². The van der Waals surface area contributed by atoms with Crippen molar-refractivity contribution in [2.24, 2.45) is 0 Å². The van der Waals surface area contributed by atoms with Crippen LogP contribution in [0.25, 0.3) is 11.5 Å². The number of aromatic nitrogens is 2. The molecule has 1 aromatic heterocycles. The molecule has 1 heterocycles. The molecule has 0 N–H and O–H groups in total. The number of aliphatic carboxylic acids is 1. The Kier molecular flexibility index (Phi) is 2.87. The third-order valence-corrected chi connectivity index (χ3v) is 2.08. The van der Waals surface area contributed by atoms with Gasteiger partial charge in [-0.1, -0.05) is 22.8 Å². The predicted octanol–water partition coefficient (Wildman–Crippen LogP) is 0.682. The third kappa shape index (κ3) is 2.38. The molecule has 0 aliphatic heterocycles. The van der Waals surface area contributed by atoms with Gasteiger partial charge in [0.05, 0.1) is 6.42 Å². The first kappa shape index (κ1) is 10.6. The summed E-state index contributed by atoms with van der Waals surface area (Å²) < 4.78 is 4.90. The number of hydrogen-bond donors (Lipinski definition) is 0. The molecule has 16 heavy (non-hydrogen) atoms. The Morgan fingerprint density at radius 1 is 1.50 bits per heavy atom. The Balaban J connectivity index is 2.28. The lowest BCUT2D eigenvalue weighted by molar-refractivity contribution is -0.304. The average Bonchev–Trinajstić information content (AvgIpc) is 2.65. The molecule has 0 spiro atoms. The molecule has 0 fully saturated rings. The Morgan fingerprint density at radius 3 is 3.00 bits per heavy atom. The smallest absolute Gasteiger partial charge is 0.257 e. The van der Waals surface area contributed by atoms with E-state index in [0.29, 0.717) is 10.6 Å². The van der Waals surface area contributed by atoms with Crippen LogP contribution in [0.2, 0.25) is 5.02 Å². The largest absolute Gasteiger partial charge is 0.550 e. The number of carbonyl (C=O) groups excluding carboxylic acids is 1. The first-order chi connectivity index (χ1) is 7.65. The van der Waals surface area contributed by atoms with Gasteiger partial charge in [0.2, 0.25) is 0 Å². The van der Waals surface area contributed by atoms with E-state index in [1.54, 1.807) is 24.3 Å².